The fourth-order valence-corrected chi connectivity index (χ4v) is 2.81. The third-order valence-corrected chi connectivity index (χ3v) is 3.97. The van der Waals surface area contributed by atoms with Gasteiger partial charge in [0, 0.05) is 13.2 Å². The highest BCUT2D eigenvalue weighted by Crippen LogP contribution is 2.29. The van der Waals surface area contributed by atoms with Crippen LogP contribution in [0.3, 0.4) is 0 Å². The zero-order valence-corrected chi connectivity index (χ0v) is 10.8. The van der Waals surface area contributed by atoms with Crippen molar-refractivity contribution in [2.75, 3.05) is 13.2 Å². The largest absolute Gasteiger partial charge is 0.508 e. The number of benzene rings is 1. The Morgan fingerprint density at radius 3 is 2.39 bits per heavy atom. The van der Waals surface area contributed by atoms with Crippen LogP contribution < -0.4 is 5.32 Å². The van der Waals surface area contributed by atoms with Crippen LogP contribution in [0.25, 0.3) is 0 Å². The molecule has 0 saturated heterocycles. The minimum atomic E-state index is 0.311. The second-order valence-corrected chi connectivity index (χ2v) is 5.28. The smallest absolute Gasteiger partial charge is 0.115 e. The van der Waals surface area contributed by atoms with Crippen molar-refractivity contribution in [1.29, 1.82) is 0 Å². The zero-order valence-electron chi connectivity index (χ0n) is 10.8. The van der Waals surface area contributed by atoms with Gasteiger partial charge in [0.05, 0.1) is 0 Å². The number of aliphatic hydroxyl groups excluding tert-OH is 1. The lowest BCUT2D eigenvalue weighted by molar-refractivity contribution is 0.133. The lowest BCUT2D eigenvalue weighted by Gasteiger charge is -2.30. The summed E-state index contributed by atoms with van der Waals surface area (Å²) in [6.45, 7) is 2.13. The summed E-state index contributed by atoms with van der Waals surface area (Å²) in [4.78, 5) is 0. The van der Waals surface area contributed by atoms with Crippen molar-refractivity contribution >= 4 is 0 Å². The molecule has 3 heteroatoms. The van der Waals surface area contributed by atoms with E-state index in [1.807, 2.05) is 12.1 Å². The standard InChI is InChI=1S/C15H23NO2/c17-11-14-4-2-1-3-13(14)10-16-9-12-5-7-15(18)8-6-12/h5-8,13-14,16-18H,1-4,9-11H2. The van der Waals surface area contributed by atoms with E-state index in [0.29, 0.717) is 24.2 Å². The van der Waals surface area contributed by atoms with Crippen LogP contribution in [0.15, 0.2) is 24.3 Å². The van der Waals surface area contributed by atoms with Gasteiger partial charge in [-0.05, 0) is 48.9 Å². The maximum absolute atomic E-state index is 9.35. The zero-order chi connectivity index (χ0) is 12.8. The predicted molar refractivity (Wildman–Crippen MR) is 72.3 cm³/mol. The van der Waals surface area contributed by atoms with E-state index in [-0.39, 0.29) is 0 Å². The van der Waals surface area contributed by atoms with E-state index >= 15 is 0 Å². The highest BCUT2D eigenvalue weighted by Gasteiger charge is 2.23. The highest BCUT2D eigenvalue weighted by atomic mass is 16.3. The van der Waals surface area contributed by atoms with Gasteiger partial charge in [-0.2, -0.15) is 0 Å². The van der Waals surface area contributed by atoms with Gasteiger partial charge in [-0.15, -0.1) is 0 Å². The summed E-state index contributed by atoms with van der Waals surface area (Å²) in [5.74, 6) is 1.40. The van der Waals surface area contributed by atoms with Crippen molar-refractivity contribution in [2.45, 2.75) is 32.2 Å². The fraction of sp³-hybridized carbons (Fsp3) is 0.600. The van der Waals surface area contributed by atoms with Crippen LogP contribution in [0.1, 0.15) is 31.2 Å². The van der Waals surface area contributed by atoms with Gasteiger partial charge in [-0.25, -0.2) is 0 Å². The second kappa shape index (κ2) is 6.76. The summed E-state index contributed by atoms with van der Waals surface area (Å²) in [5.41, 5.74) is 1.18. The summed E-state index contributed by atoms with van der Waals surface area (Å²) in [5, 5.41) is 22.0. The van der Waals surface area contributed by atoms with Crippen LogP contribution in [-0.4, -0.2) is 23.4 Å². The number of aliphatic hydroxyl groups is 1. The molecule has 0 aliphatic heterocycles. The average Bonchev–Trinajstić information content (AvgIpc) is 2.41. The van der Waals surface area contributed by atoms with E-state index in [1.165, 1.54) is 31.2 Å². The molecule has 1 aromatic rings. The van der Waals surface area contributed by atoms with Crippen LogP contribution in [0.2, 0.25) is 0 Å². The molecule has 3 nitrogen and oxygen atoms in total. The van der Waals surface area contributed by atoms with Gasteiger partial charge < -0.3 is 15.5 Å². The molecule has 1 fully saturated rings. The number of hydrogen-bond donors (Lipinski definition) is 3. The monoisotopic (exact) mass is 249 g/mol. The molecule has 2 unspecified atom stereocenters. The van der Waals surface area contributed by atoms with Gasteiger partial charge >= 0.3 is 0 Å². The quantitative estimate of drug-likeness (QED) is 0.750. The molecule has 1 aliphatic carbocycles. The lowest BCUT2D eigenvalue weighted by Crippen LogP contribution is -2.32. The summed E-state index contributed by atoms with van der Waals surface area (Å²) >= 11 is 0. The van der Waals surface area contributed by atoms with E-state index in [1.54, 1.807) is 12.1 Å². The van der Waals surface area contributed by atoms with Crippen LogP contribution in [0.4, 0.5) is 0 Å². The van der Waals surface area contributed by atoms with E-state index in [4.69, 9.17) is 0 Å². The van der Waals surface area contributed by atoms with Gasteiger partial charge in [-0.3, -0.25) is 0 Å². The Morgan fingerprint density at radius 2 is 1.72 bits per heavy atom. The number of rotatable bonds is 5. The first-order valence-electron chi connectivity index (χ1n) is 6.89. The molecule has 0 amide bonds. The molecule has 0 bridgehead atoms. The molecule has 18 heavy (non-hydrogen) atoms. The molecule has 0 aromatic heterocycles. The molecule has 3 N–H and O–H groups in total. The summed E-state index contributed by atoms with van der Waals surface area (Å²) in [7, 11) is 0. The van der Waals surface area contributed by atoms with Crippen LogP contribution in [0, 0.1) is 11.8 Å². The molecule has 1 aliphatic rings. The maximum atomic E-state index is 9.35. The summed E-state index contributed by atoms with van der Waals surface area (Å²) in [6, 6.07) is 7.31. The minimum absolute atomic E-state index is 0.311. The summed E-state index contributed by atoms with van der Waals surface area (Å²) < 4.78 is 0. The Labute approximate surface area is 109 Å². The maximum Gasteiger partial charge on any atom is 0.115 e. The van der Waals surface area contributed by atoms with Crippen LogP contribution >= 0.6 is 0 Å². The van der Waals surface area contributed by atoms with Gasteiger partial charge in [0.2, 0.25) is 0 Å². The minimum Gasteiger partial charge on any atom is -0.508 e. The normalized spacial score (nSPS) is 24.1. The topological polar surface area (TPSA) is 52.5 Å². The average molecular weight is 249 g/mol. The van der Waals surface area contributed by atoms with Gasteiger partial charge in [0.1, 0.15) is 5.75 Å². The van der Waals surface area contributed by atoms with E-state index in [0.717, 1.165) is 13.1 Å². The van der Waals surface area contributed by atoms with Crippen molar-refractivity contribution in [1.82, 2.24) is 5.32 Å². The van der Waals surface area contributed by atoms with E-state index < -0.39 is 0 Å². The van der Waals surface area contributed by atoms with Gasteiger partial charge in [0.25, 0.3) is 0 Å². The molecule has 1 saturated carbocycles. The Kier molecular flexibility index (Phi) is 5.02. The first-order chi connectivity index (χ1) is 8.79. The van der Waals surface area contributed by atoms with Gasteiger partial charge in [0.15, 0.2) is 0 Å². The molecule has 2 atom stereocenters. The molecule has 2 rings (SSSR count). The number of phenols is 1. The molecule has 0 spiro atoms. The third kappa shape index (κ3) is 3.72. The molecular weight excluding hydrogens is 226 g/mol. The Balaban J connectivity index is 1.75. The molecule has 1 aromatic carbocycles. The molecular formula is C15H23NO2. The first-order valence-corrected chi connectivity index (χ1v) is 6.89. The van der Waals surface area contributed by atoms with Gasteiger partial charge in [-0.1, -0.05) is 25.0 Å². The van der Waals surface area contributed by atoms with Crippen molar-refractivity contribution in [3.05, 3.63) is 29.8 Å². The van der Waals surface area contributed by atoms with Crippen molar-refractivity contribution in [2.24, 2.45) is 11.8 Å². The highest BCUT2D eigenvalue weighted by molar-refractivity contribution is 5.25. The van der Waals surface area contributed by atoms with Crippen molar-refractivity contribution in [3.8, 4) is 5.75 Å². The molecule has 0 radical (unpaired) electrons. The molecule has 100 valence electrons. The second-order valence-electron chi connectivity index (χ2n) is 5.28. The van der Waals surface area contributed by atoms with Crippen LogP contribution in [-0.2, 0) is 6.54 Å². The van der Waals surface area contributed by atoms with Crippen LogP contribution in [0.5, 0.6) is 5.75 Å². The fourth-order valence-electron chi connectivity index (χ4n) is 2.81. The predicted octanol–water partition coefficient (Wildman–Crippen LogP) is 2.28. The number of phenolic OH excluding ortho intramolecular Hbond substituents is 1. The van der Waals surface area contributed by atoms with Crippen molar-refractivity contribution in [3.63, 3.8) is 0 Å². The number of hydrogen-bond acceptors (Lipinski definition) is 3. The Bertz CT molecular complexity index is 350. The SMILES string of the molecule is OCC1CCCCC1CNCc1ccc(O)cc1. The van der Waals surface area contributed by atoms with Crippen molar-refractivity contribution < 1.29 is 10.2 Å². The van der Waals surface area contributed by atoms with E-state index in [9.17, 15) is 10.2 Å². The lowest BCUT2D eigenvalue weighted by atomic mass is 9.79. The Morgan fingerprint density at radius 1 is 1.06 bits per heavy atom. The number of aromatic hydroxyl groups is 1. The number of nitrogens with one attached hydrogen (secondary N) is 1. The summed E-state index contributed by atoms with van der Waals surface area (Å²) in [6.07, 6.45) is 4.96. The van der Waals surface area contributed by atoms with E-state index in [2.05, 4.69) is 5.32 Å². The third-order valence-electron chi connectivity index (χ3n) is 3.97. The first kappa shape index (κ1) is 13.4. The Hall–Kier alpha value is -1.06. The molecule has 0 heterocycles.